The summed E-state index contributed by atoms with van der Waals surface area (Å²) in [4.78, 5) is 4.53. The second-order valence-electron chi connectivity index (χ2n) is 4.53. The van der Waals surface area contributed by atoms with Crippen LogP contribution in [0, 0.1) is 0 Å². The Kier molecular flexibility index (Phi) is 3.44. The van der Waals surface area contributed by atoms with Crippen LogP contribution in [-0.4, -0.2) is 4.98 Å². The Balaban J connectivity index is 2.17. The Morgan fingerprint density at radius 3 is 2.80 bits per heavy atom. The number of aromatic nitrogens is 1. The first-order valence-corrected chi connectivity index (χ1v) is 7.40. The zero-order valence-electron chi connectivity index (χ0n) is 10.8. The molecule has 2 N–H and O–H groups in total. The average Bonchev–Trinajstić information content (AvgIpc) is 2.86. The summed E-state index contributed by atoms with van der Waals surface area (Å²) in [7, 11) is 0. The largest absolute Gasteiger partial charge is 0.435 e. The minimum absolute atomic E-state index is 0.498. The number of nitrogens with two attached hydrogens (primary N) is 1. The van der Waals surface area contributed by atoms with Crippen molar-refractivity contribution in [1.82, 2.24) is 4.98 Å². The van der Waals surface area contributed by atoms with Gasteiger partial charge in [-0.3, -0.25) is 0 Å². The van der Waals surface area contributed by atoms with Gasteiger partial charge in [0.15, 0.2) is 5.58 Å². The maximum atomic E-state index is 6.04. The van der Waals surface area contributed by atoms with Crippen molar-refractivity contribution in [3.05, 3.63) is 45.4 Å². The first kappa shape index (κ1) is 13.5. The molecule has 0 spiro atoms. The van der Waals surface area contributed by atoms with Gasteiger partial charge in [-0.1, -0.05) is 18.5 Å². The van der Waals surface area contributed by atoms with Gasteiger partial charge in [-0.05, 0) is 58.2 Å². The molecule has 20 heavy (non-hydrogen) atoms. The molecule has 0 atom stereocenters. The number of benzene rings is 2. The zero-order chi connectivity index (χ0) is 14.3. The molecule has 0 fully saturated rings. The predicted octanol–water partition coefficient (Wildman–Crippen LogP) is 5.06. The van der Waals surface area contributed by atoms with Crippen LogP contribution in [0.1, 0.15) is 12.5 Å². The Morgan fingerprint density at radius 1 is 1.30 bits per heavy atom. The molecule has 0 radical (unpaired) electrons. The van der Waals surface area contributed by atoms with Crippen molar-refractivity contribution in [2.75, 3.05) is 5.73 Å². The number of hydrogen-bond donors (Lipinski definition) is 1. The quantitative estimate of drug-likeness (QED) is 0.657. The molecule has 3 rings (SSSR count). The Morgan fingerprint density at radius 2 is 2.10 bits per heavy atom. The van der Waals surface area contributed by atoms with Gasteiger partial charge in [0.05, 0.1) is 15.2 Å². The van der Waals surface area contributed by atoms with Gasteiger partial charge in [0, 0.05) is 5.56 Å². The van der Waals surface area contributed by atoms with Crippen LogP contribution in [0.3, 0.4) is 0 Å². The third-order valence-electron chi connectivity index (χ3n) is 3.16. The molecule has 5 heteroatoms. The Hall–Kier alpha value is -1.52. The number of fused-ring (bicyclic) bond motifs is 1. The van der Waals surface area contributed by atoms with Crippen molar-refractivity contribution in [3.63, 3.8) is 0 Å². The summed E-state index contributed by atoms with van der Waals surface area (Å²) in [6, 6.07) is 9.44. The number of oxazole rings is 1. The molecule has 0 bridgehead atoms. The predicted molar refractivity (Wildman–Crippen MR) is 85.9 cm³/mol. The minimum Gasteiger partial charge on any atom is -0.435 e. The highest BCUT2D eigenvalue weighted by Crippen LogP contribution is 2.32. The maximum absolute atomic E-state index is 6.04. The summed E-state index contributed by atoms with van der Waals surface area (Å²) in [5, 5.41) is 0.498. The summed E-state index contributed by atoms with van der Waals surface area (Å²) in [5.41, 5.74) is 9.85. The van der Waals surface area contributed by atoms with Crippen LogP contribution in [0.5, 0.6) is 0 Å². The molecule has 2 aromatic carbocycles. The van der Waals surface area contributed by atoms with E-state index >= 15 is 0 Å². The highest BCUT2D eigenvalue weighted by Gasteiger charge is 2.12. The van der Waals surface area contributed by atoms with Crippen LogP contribution in [0.4, 0.5) is 5.69 Å². The van der Waals surface area contributed by atoms with Crippen molar-refractivity contribution in [3.8, 4) is 11.5 Å². The lowest BCUT2D eigenvalue weighted by atomic mass is 10.1. The van der Waals surface area contributed by atoms with Crippen LogP contribution in [0.15, 0.2) is 39.2 Å². The summed E-state index contributed by atoms with van der Waals surface area (Å²) in [5.74, 6) is 0.538. The van der Waals surface area contributed by atoms with E-state index in [4.69, 9.17) is 21.8 Å². The van der Waals surface area contributed by atoms with Gasteiger partial charge in [-0.2, -0.15) is 0 Å². The molecule has 0 unspecified atom stereocenters. The number of nitrogens with zero attached hydrogens (tertiary/aromatic N) is 1. The second-order valence-corrected chi connectivity index (χ2v) is 5.80. The molecular formula is C15H12BrClN2O. The molecule has 0 saturated heterocycles. The van der Waals surface area contributed by atoms with E-state index in [1.165, 1.54) is 5.56 Å². The van der Waals surface area contributed by atoms with Crippen molar-refractivity contribution in [1.29, 1.82) is 0 Å². The fraction of sp³-hybridized carbons (Fsp3) is 0.133. The van der Waals surface area contributed by atoms with Gasteiger partial charge in [0.25, 0.3) is 0 Å². The van der Waals surface area contributed by atoms with Crippen molar-refractivity contribution in [2.45, 2.75) is 13.3 Å². The molecular weight excluding hydrogens is 340 g/mol. The zero-order valence-corrected chi connectivity index (χ0v) is 13.1. The molecule has 0 aliphatic heterocycles. The molecule has 102 valence electrons. The normalized spacial score (nSPS) is 11.2. The Bertz CT molecular complexity index is 798. The summed E-state index contributed by atoms with van der Waals surface area (Å²) in [6.45, 7) is 2.11. The topological polar surface area (TPSA) is 52.0 Å². The lowest BCUT2D eigenvalue weighted by Crippen LogP contribution is -1.86. The smallest absolute Gasteiger partial charge is 0.227 e. The molecule has 3 aromatic rings. The third-order valence-corrected chi connectivity index (χ3v) is 4.08. The fourth-order valence-corrected chi connectivity index (χ4v) is 2.79. The highest BCUT2D eigenvalue weighted by atomic mass is 79.9. The van der Waals surface area contributed by atoms with Gasteiger partial charge >= 0.3 is 0 Å². The monoisotopic (exact) mass is 350 g/mol. The van der Waals surface area contributed by atoms with Gasteiger partial charge in [0.1, 0.15) is 5.52 Å². The van der Waals surface area contributed by atoms with E-state index in [-0.39, 0.29) is 0 Å². The lowest BCUT2D eigenvalue weighted by molar-refractivity contribution is 0.618. The SMILES string of the molecule is CCc1cc(Br)c2oc(-c3ccc(N)c(Cl)c3)nc2c1. The van der Waals surface area contributed by atoms with Gasteiger partial charge in [0.2, 0.25) is 5.89 Å². The molecule has 1 aromatic heterocycles. The van der Waals surface area contributed by atoms with Crippen molar-refractivity contribution < 1.29 is 4.42 Å². The molecule has 3 nitrogen and oxygen atoms in total. The number of nitrogen functional groups attached to an aromatic ring is 1. The number of aryl methyl sites for hydroxylation is 1. The average molecular weight is 352 g/mol. The lowest BCUT2D eigenvalue weighted by Gasteiger charge is -1.99. The van der Waals surface area contributed by atoms with Crippen molar-refractivity contribution >= 4 is 44.3 Å². The van der Waals surface area contributed by atoms with E-state index in [1.807, 2.05) is 18.2 Å². The molecule has 0 aliphatic carbocycles. The maximum Gasteiger partial charge on any atom is 0.227 e. The molecule has 0 aliphatic rings. The van der Waals surface area contributed by atoms with Crippen LogP contribution < -0.4 is 5.73 Å². The van der Waals surface area contributed by atoms with E-state index in [9.17, 15) is 0 Å². The second kappa shape index (κ2) is 5.11. The minimum atomic E-state index is 0.498. The number of halogens is 2. The van der Waals surface area contributed by atoms with E-state index in [0.717, 1.165) is 27.6 Å². The van der Waals surface area contributed by atoms with Gasteiger partial charge < -0.3 is 10.2 Å². The molecule has 1 heterocycles. The van der Waals surface area contributed by atoms with Gasteiger partial charge in [-0.15, -0.1) is 0 Å². The Labute approximate surface area is 129 Å². The van der Waals surface area contributed by atoms with Crippen LogP contribution in [0.2, 0.25) is 5.02 Å². The molecule has 0 saturated carbocycles. The summed E-state index contributed by atoms with van der Waals surface area (Å²) >= 11 is 9.56. The number of anilines is 1. The fourth-order valence-electron chi connectivity index (χ4n) is 2.03. The van der Waals surface area contributed by atoms with Crippen LogP contribution in [-0.2, 0) is 6.42 Å². The van der Waals surface area contributed by atoms with E-state index in [1.54, 1.807) is 12.1 Å². The van der Waals surface area contributed by atoms with E-state index in [2.05, 4.69) is 27.8 Å². The molecule has 0 amide bonds. The van der Waals surface area contributed by atoms with E-state index in [0.29, 0.717) is 16.6 Å². The first-order valence-electron chi connectivity index (χ1n) is 6.23. The van der Waals surface area contributed by atoms with Crippen molar-refractivity contribution in [2.24, 2.45) is 0 Å². The van der Waals surface area contributed by atoms with Gasteiger partial charge in [-0.25, -0.2) is 4.98 Å². The highest BCUT2D eigenvalue weighted by molar-refractivity contribution is 9.10. The number of hydrogen-bond acceptors (Lipinski definition) is 3. The van der Waals surface area contributed by atoms with Crippen LogP contribution in [0.25, 0.3) is 22.6 Å². The summed E-state index contributed by atoms with van der Waals surface area (Å²) < 4.78 is 6.73. The van der Waals surface area contributed by atoms with Crippen LogP contribution >= 0.6 is 27.5 Å². The first-order chi connectivity index (χ1) is 9.58. The van der Waals surface area contributed by atoms with E-state index < -0.39 is 0 Å². The standard InChI is InChI=1S/C15H12BrClN2O/c1-2-8-5-10(16)14-13(6-8)19-15(20-14)9-3-4-12(18)11(17)7-9/h3-7H,2,18H2,1H3. The summed E-state index contributed by atoms with van der Waals surface area (Å²) in [6.07, 6.45) is 0.949. The third kappa shape index (κ3) is 2.30. The number of rotatable bonds is 2.